The summed E-state index contributed by atoms with van der Waals surface area (Å²) in [6.07, 6.45) is -4.34. The Kier molecular flexibility index (Phi) is 7.15. The fourth-order valence-electron chi connectivity index (χ4n) is 3.61. The quantitative estimate of drug-likeness (QED) is 0.525. The first-order valence-electron chi connectivity index (χ1n) is 10.8. The molecule has 1 aliphatic heterocycles. The normalized spacial score (nSPS) is 14.5. The molecule has 1 saturated heterocycles. The van der Waals surface area contributed by atoms with Crippen LogP contribution in [0.4, 0.5) is 29.6 Å². The van der Waals surface area contributed by atoms with E-state index >= 15 is 0 Å². The molecule has 0 spiro atoms. The molecule has 1 amide bonds. The van der Waals surface area contributed by atoms with Gasteiger partial charge in [-0.1, -0.05) is 42.5 Å². The van der Waals surface area contributed by atoms with Crippen LogP contribution in [0.2, 0.25) is 0 Å². The largest absolute Gasteiger partial charge is 0.490 e. The van der Waals surface area contributed by atoms with Gasteiger partial charge in [0.25, 0.3) is 0 Å². The minimum atomic E-state index is -4.46. The second kappa shape index (κ2) is 10.4. The summed E-state index contributed by atoms with van der Waals surface area (Å²) < 4.78 is 50.4. The minimum Gasteiger partial charge on any atom is -0.490 e. The molecule has 0 atom stereocenters. The number of aromatic nitrogens is 2. The van der Waals surface area contributed by atoms with Gasteiger partial charge in [-0.25, -0.2) is 4.79 Å². The number of piperidine rings is 1. The van der Waals surface area contributed by atoms with Gasteiger partial charge < -0.3 is 14.4 Å². The minimum absolute atomic E-state index is 0.142. The van der Waals surface area contributed by atoms with Crippen molar-refractivity contribution in [2.24, 2.45) is 0 Å². The maximum Gasteiger partial charge on any atom is 0.419 e. The smallest absolute Gasteiger partial charge is 0.419 e. The van der Waals surface area contributed by atoms with Crippen molar-refractivity contribution in [3.8, 4) is 5.75 Å². The molecule has 3 aromatic rings. The molecule has 0 unspecified atom stereocenters. The molecule has 7 nitrogen and oxygen atoms in total. The Hall–Kier alpha value is -3.82. The van der Waals surface area contributed by atoms with Crippen LogP contribution in [-0.4, -0.2) is 35.5 Å². The Bertz CT molecular complexity index is 1090. The van der Waals surface area contributed by atoms with Gasteiger partial charge in [0.1, 0.15) is 18.5 Å². The van der Waals surface area contributed by atoms with Crippen LogP contribution in [0, 0.1) is 0 Å². The van der Waals surface area contributed by atoms with Crippen molar-refractivity contribution in [2.45, 2.75) is 31.7 Å². The number of nitrogens with one attached hydrogen (secondary N) is 1. The Morgan fingerprint density at radius 1 is 0.971 bits per heavy atom. The number of nitrogens with zero attached hydrogens (tertiary/aromatic N) is 3. The summed E-state index contributed by atoms with van der Waals surface area (Å²) >= 11 is 0. The lowest BCUT2D eigenvalue weighted by Gasteiger charge is -2.33. The second-order valence-corrected chi connectivity index (χ2v) is 7.76. The van der Waals surface area contributed by atoms with Crippen molar-refractivity contribution >= 4 is 17.7 Å². The molecule has 1 aromatic heterocycles. The molecule has 10 heteroatoms. The van der Waals surface area contributed by atoms with E-state index in [9.17, 15) is 18.0 Å². The van der Waals surface area contributed by atoms with E-state index in [0.717, 1.165) is 11.6 Å². The summed E-state index contributed by atoms with van der Waals surface area (Å²) in [6.45, 7) is 1.25. The number of hydrogen-bond donors (Lipinski definition) is 1. The van der Waals surface area contributed by atoms with Gasteiger partial charge in [0.15, 0.2) is 11.6 Å². The number of para-hydroxylation sites is 1. The number of anilines is 2. The van der Waals surface area contributed by atoms with Crippen LogP contribution in [0.5, 0.6) is 5.75 Å². The Labute approximate surface area is 194 Å². The predicted molar refractivity (Wildman–Crippen MR) is 120 cm³/mol. The van der Waals surface area contributed by atoms with E-state index in [0.29, 0.717) is 31.7 Å². The molecule has 0 radical (unpaired) electrons. The van der Waals surface area contributed by atoms with E-state index in [1.807, 2.05) is 35.2 Å². The Balaban J connectivity index is 1.26. The van der Waals surface area contributed by atoms with E-state index in [1.165, 1.54) is 18.2 Å². The first-order chi connectivity index (χ1) is 16.4. The van der Waals surface area contributed by atoms with Crippen LogP contribution < -0.4 is 15.0 Å². The maximum absolute atomic E-state index is 13.2. The average Bonchev–Trinajstić information content (AvgIpc) is 2.84. The van der Waals surface area contributed by atoms with Crippen LogP contribution in [-0.2, 0) is 17.5 Å². The van der Waals surface area contributed by atoms with Gasteiger partial charge in [-0.2, -0.15) is 13.2 Å². The molecule has 178 valence electrons. The molecule has 0 bridgehead atoms. The maximum atomic E-state index is 13.2. The van der Waals surface area contributed by atoms with Gasteiger partial charge in [-0.05, 0) is 29.8 Å². The monoisotopic (exact) mass is 472 g/mol. The fourth-order valence-corrected chi connectivity index (χ4v) is 3.61. The van der Waals surface area contributed by atoms with Crippen LogP contribution >= 0.6 is 0 Å². The zero-order chi connectivity index (χ0) is 24.0. The van der Waals surface area contributed by atoms with E-state index in [-0.39, 0.29) is 24.3 Å². The highest BCUT2D eigenvalue weighted by Gasteiger charge is 2.35. The van der Waals surface area contributed by atoms with Crippen LogP contribution in [0.15, 0.2) is 66.7 Å². The molecule has 2 heterocycles. The second-order valence-electron chi connectivity index (χ2n) is 7.76. The molecule has 0 aliphatic carbocycles. The predicted octanol–water partition coefficient (Wildman–Crippen LogP) is 5.29. The number of hydrogen-bond acceptors (Lipinski definition) is 6. The van der Waals surface area contributed by atoms with E-state index < -0.39 is 17.8 Å². The SMILES string of the molecule is O=C(Nc1ccc(N2CCC(Oc3ccccc3C(F)(F)F)CC2)nn1)OCc1ccccc1. The molecule has 34 heavy (non-hydrogen) atoms. The van der Waals surface area contributed by atoms with E-state index in [1.54, 1.807) is 12.1 Å². The number of rotatable bonds is 6. The van der Waals surface area contributed by atoms with Crippen molar-refractivity contribution in [3.63, 3.8) is 0 Å². The molecule has 0 saturated carbocycles. The lowest BCUT2D eigenvalue weighted by molar-refractivity contribution is -0.139. The summed E-state index contributed by atoms with van der Waals surface area (Å²) in [5.41, 5.74) is 0.0991. The third-order valence-corrected chi connectivity index (χ3v) is 5.35. The van der Waals surface area contributed by atoms with Gasteiger partial charge in [0, 0.05) is 25.9 Å². The van der Waals surface area contributed by atoms with Crippen molar-refractivity contribution in [1.29, 1.82) is 0 Å². The Morgan fingerprint density at radius 2 is 1.68 bits per heavy atom. The number of halogens is 3. The molecular formula is C24H23F3N4O3. The number of alkyl halides is 3. The number of benzene rings is 2. The van der Waals surface area contributed by atoms with Gasteiger partial charge in [-0.15, -0.1) is 10.2 Å². The molecule has 4 rings (SSSR count). The van der Waals surface area contributed by atoms with Gasteiger partial charge in [0.2, 0.25) is 0 Å². The lowest BCUT2D eigenvalue weighted by Crippen LogP contribution is -2.39. The highest BCUT2D eigenvalue weighted by atomic mass is 19.4. The highest BCUT2D eigenvalue weighted by Crippen LogP contribution is 2.37. The molecule has 2 aromatic carbocycles. The van der Waals surface area contributed by atoms with E-state index in [2.05, 4.69) is 15.5 Å². The van der Waals surface area contributed by atoms with Crippen molar-refractivity contribution in [1.82, 2.24) is 10.2 Å². The highest BCUT2D eigenvalue weighted by molar-refractivity contribution is 5.83. The summed E-state index contributed by atoms with van der Waals surface area (Å²) in [4.78, 5) is 13.9. The molecule has 1 N–H and O–H groups in total. The summed E-state index contributed by atoms with van der Waals surface area (Å²) in [5.74, 6) is 0.712. The van der Waals surface area contributed by atoms with Crippen molar-refractivity contribution in [3.05, 3.63) is 77.9 Å². The van der Waals surface area contributed by atoms with Crippen LogP contribution in [0.3, 0.4) is 0 Å². The summed E-state index contributed by atoms with van der Waals surface area (Å²) in [6, 6.07) is 17.9. The first kappa shape index (κ1) is 23.3. The van der Waals surface area contributed by atoms with Crippen molar-refractivity contribution < 1.29 is 27.4 Å². The summed E-state index contributed by atoms with van der Waals surface area (Å²) in [5, 5.41) is 10.7. The lowest BCUT2D eigenvalue weighted by atomic mass is 10.1. The zero-order valence-corrected chi connectivity index (χ0v) is 18.2. The third kappa shape index (κ3) is 6.15. The van der Waals surface area contributed by atoms with Gasteiger partial charge in [-0.3, -0.25) is 5.32 Å². The number of carbonyl (C=O) groups excluding carboxylic acids is 1. The zero-order valence-electron chi connectivity index (χ0n) is 18.2. The van der Waals surface area contributed by atoms with Gasteiger partial charge in [0.05, 0.1) is 5.56 Å². The van der Waals surface area contributed by atoms with Gasteiger partial charge >= 0.3 is 12.3 Å². The number of ether oxygens (including phenoxy) is 2. The third-order valence-electron chi connectivity index (χ3n) is 5.35. The molecule has 1 fully saturated rings. The van der Waals surface area contributed by atoms with Crippen LogP contribution in [0.25, 0.3) is 0 Å². The van der Waals surface area contributed by atoms with E-state index in [4.69, 9.17) is 9.47 Å². The number of amides is 1. The topological polar surface area (TPSA) is 76.6 Å². The van der Waals surface area contributed by atoms with Crippen LogP contribution in [0.1, 0.15) is 24.0 Å². The fraction of sp³-hybridized carbons (Fsp3) is 0.292. The standard InChI is InChI=1S/C24H23F3N4O3/c25-24(26,27)19-8-4-5-9-20(19)34-18-12-14-31(15-13-18)22-11-10-21(29-30-22)28-23(32)33-16-17-6-2-1-3-7-17/h1-11,18H,12-16H2,(H,28,29,32). The average molecular weight is 472 g/mol. The Morgan fingerprint density at radius 3 is 2.35 bits per heavy atom. The molecular weight excluding hydrogens is 449 g/mol. The molecule has 1 aliphatic rings. The first-order valence-corrected chi connectivity index (χ1v) is 10.8. The van der Waals surface area contributed by atoms with Crippen molar-refractivity contribution in [2.75, 3.05) is 23.3 Å². The summed E-state index contributed by atoms with van der Waals surface area (Å²) in [7, 11) is 0. The number of carbonyl (C=O) groups is 1.